The van der Waals surface area contributed by atoms with Gasteiger partial charge < -0.3 is 10.3 Å². The summed E-state index contributed by atoms with van der Waals surface area (Å²) >= 11 is 0. The van der Waals surface area contributed by atoms with Gasteiger partial charge in [0.05, 0.1) is 0 Å². The maximum absolute atomic E-state index is 11.6. The van der Waals surface area contributed by atoms with E-state index < -0.39 is 0 Å². The Morgan fingerprint density at radius 3 is 2.85 bits per heavy atom. The van der Waals surface area contributed by atoms with Gasteiger partial charge in [-0.3, -0.25) is 4.79 Å². The minimum atomic E-state index is 0.0693. The fraction of sp³-hybridized carbons (Fsp3) is 0.500. The molecule has 0 saturated heterocycles. The summed E-state index contributed by atoms with van der Waals surface area (Å²) in [6.45, 7) is 4.37. The first-order valence-electron chi connectivity index (χ1n) is 4.58. The molecule has 0 bridgehead atoms. The van der Waals surface area contributed by atoms with E-state index in [0.29, 0.717) is 6.54 Å². The van der Waals surface area contributed by atoms with Gasteiger partial charge in [0.1, 0.15) is 0 Å². The molecular formula is C10H16N2O. The van der Waals surface area contributed by atoms with E-state index in [1.165, 1.54) is 0 Å². The lowest BCUT2D eigenvalue weighted by Crippen LogP contribution is -2.29. The molecule has 0 aliphatic rings. The second-order valence-corrected chi connectivity index (χ2v) is 3.20. The molecule has 0 saturated carbocycles. The van der Waals surface area contributed by atoms with Crippen LogP contribution < -0.4 is 11.3 Å². The summed E-state index contributed by atoms with van der Waals surface area (Å²) in [7, 11) is 0. The Hall–Kier alpha value is -1.09. The van der Waals surface area contributed by atoms with E-state index >= 15 is 0 Å². The van der Waals surface area contributed by atoms with Crippen molar-refractivity contribution in [3.8, 4) is 0 Å². The van der Waals surface area contributed by atoms with Crippen LogP contribution in [0.15, 0.2) is 23.1 Å². The molecule has 1 unspecified atom stereocenters. The lowest BCUT2D eigenvalue weighted by Gasteiger charge is -2.15. The zero-order valence-corrected chi connectivity index (χ0v) is 8.16. The smallest absolute Gasteiger partial charge is 0.253 e. The van der Waals surface area contributed by atoms with Crippen LogP contribution in [0, 0.1) is 6.92 Å². The van der Waals surface area contributed by atoms with Gasteiger partial charge in [0.15, 0.2) is 0 Å². The Labute approximate surface area is 78.2 Å². The van der Waals surface area contributed by atoms with Crippen LogP contribution in [0.5, 0.6) is 0 Å². The van der Waals surface area contributed by atoms with E-state index in [-0.39, 0.29) is 11.6 Å². The van der Waals surface area contributed by atoms with Gasteiger partial charge in [0.25, 0.3) is 5.56 Å². The third-order valence-corrected chi connectivity index (χ3v) is 2.30. The molecule has 13 heavy (non-hydrogen) atoms. The first-order chi connectivity index (χ1) is 6.20. The van der Waals surface area contributed by atoms with Gasteiger partial charge in [-0.15, -0.1) is 0 Å². The molecule has 1 heterocycles. The van der Waals surface area contributed by atoms with E-state index in [1.54, 1.807) is 10.8 Å². The lowest BCUT2D eigenvalue weighted by atomic mass is 10.2. The Morgan fingerprint density at radius 2 is 2.31 bits per heavy atom. The number of hydrogen-bond acceptors (Lipinski definition) is 2. The second-order valence-electron chi connectivity index (χ2n) is 3.20. The molecule has 3 nitrogen and oxygen atoms in total. The van der Waals surface area contributed by atoms with Crippen LogP contribution in [0.4, 0.5) is 0 Å². The van der Waals surface area contributed by atoms with Crippen molar-refractivity contribution in [3.63, 3.8) is 0 Å². The molecule has 0 radical (unpaired) electrons. The average molecular weight is 180 g/mol. The van der Waals surface area contributed by atoms with Crippen molar-refractivity contribution in [2.24, 2.45) is 5.73 Å². The number of rotatable bonds is 3. The summed E-state index contributed by atoms with van der Waals surface area (Å²) in [4.78, 5) is 11.6. The highest BCUT2D eigenvalue weighted by Crippen LogP contribution is 2.05. The molecule has 0 spiro atoms. The summed E-state index contributed by atoms with van der Waals surface area (Å²) in [5, 5.41) is 0. The summed E-state index contributed by atoms with van der Waals surface area (Å²) in [6, 6.07) is 3.84. The highest BCUT2D eigenvalue weighted by atomic mass is 16.1. The van der Waals surface area contributed by atoms with Crippen LogP contribution in [-0.2, 0) is 0 Å². The topological polar surface area (TPSA) is 48.0 Å². The Morgan fingerprint density at radius 1 is 1.62 bits per heavy atom. The van der Waals surface area contributed by atoms with Gasteiger partial charge in [-0.25, -0.2) is 0 Å². The SMILES string of the molecule is CCC(CN)n1cccc(C)c1=O. The molecule has 0 fully saturated rings. The summed E-state index contributed by atoms with van der Waals surface area (Å²) in [5.74, 6) is 0. The fourth-order valence-corrected chi connectivity index (χ4v) is 1.39. The predicted molar refractivity (Wildman–Crippen MR) is 53.8 cm³/mol. The Balaban J connectivity index is 3.14. The quantitative estimate of drug-likeness (QED) is 0.756. The van der Waals surface area contributed by atoms with Crippen molar-refractivity contribution in [2.45, 2.75) is 26.3 Å². The van der Waals surface area contributed by atoms with E-state index in [1.807, 2.05) is 26.0 Å². The molecule has 0 aromatic carbocycles. The van der Waals surface area contributed by atoms with Gasteiger partial charge in [-0.2, -0.15) is 0 Å². The minimum absolute atomic E-state index is 0.0693. The highest BCUT2D eigenvalue weighted by Gasteiger charge is 2.07. The molecule has 1 rings (SSSR count). The number of nitrogens with two attached hydrogens (primary N) is 1. The zero-order chi connectivity index (χ0) is 9.84. The summed E-state index contributed by atoms with van der Waals surface area (Å²) in [6.07, 6.45) is 2.69. The molecule has 72 valence electrons. The van der Waals surface area contributed by atoms with Crippen LogP contribution in [0.3, 0.4) is 0 Å². The zero-order valence-electron chi connectivity index (χ0n) is 8.16. The number of pyridine rings is 1. The third kappa shape index (κ3) is 1.98. The molecule has 1 aromatic heterocycles. The summed E-state index contributed by atoms with van der Waals surface area (Å²) in [5.41, 5.74) is 6.42. The molecule has 1 aromatic rings. The van der Waals surface area contributed by atoms with Crippen molar-refractivity contribution in [1.82, 2.24) is 4.57 Å². The second kappa shape index (κ2) is 4.23. The number of aryl methyl sites for hydroxylation is 1. The van der Waals surface area contributed by atoms with Crippen LogP contribution in [0.2, 0.25) is 0 Å². The number of hydrogen-bond donors (Lipinski definition) is 1. The van der Waals surface area contributed by atoms with E-state index in [4.69, 9.17) is 5.73 Å². The largest absolute Gasteiger partial charge is 0.328 e. The average Bonchev–Trinajstić information content (AvgIpc) is 2.14. The van der Waals surface area contributed by atoms with Gasteiger partial charge >= 0.3 is 0 Å². The minimum Gasteiger partial charge on any atom is -0.328 e. The van der Waals surface area contributed by atoms with Crippen molar-refractivity contribution in [1.29, 1.82) is 0 Å². The first-order valence-corrected chi connectivity index (χ1v) is 4.58. The maximum atomic E-state index is 11.6. The maximum Gasteiger partial charge on any atom is 0.253 e. The number of nitrogens with zero attached hydrogens (tertiary/aromatic N) is 1. The monoisotopic (exact) mass is 180 g/mol. The predicted octanol–water partition coefficient (Wildman–Crippen LogP) is 1.07. The summed E-state index contributed by atoms with van der Waals surface area (Å²) < 4.78 is 1.72. The Kier molecular flexibility index (Phi) is 3.25. The van der Waals surface area contributed by atoms with Crippen LogP contribution in [-0.4, -0.2) is 11.1 Å². The van der Waals surface area contributed by atoms with E-state index in [9.17, 15) is 4.79 Å². The standard InChI is InChI=1S/C10H16N2O/c1-3-9(7-11)12-6-4-5-8(2)10(12)13/h4-6,9H,3,7,11H2,1-2H3. The van der Waals surface area contributed by atoms with E-state index in [0.717, 1.165) is 12.0 Å². The fourth-order valence-electron chi connectivity index (χ4n) is 1.39. The van der Waals surface area contributed by atoms with Crippen LogP contribution >= 0.6 is 0 Å². The van der Waals surface area contributed by atoms with Crippen molar-refractivity contribution in [2.75, 3.05) is 6.54 Å². The van der Waals surface area contributed by atoms with Gasteiger partial charge in [-0.05, 0) is 19.4 Å². The highest BCUT2D eigenvalue weighted by molar-refractivity contribution is 5.08. The lowest BCUT2D eigenvalue weighted by molar-refractivity contribution is 0.480. The molecule has 3 heteroatoms. The molecular weight excluding hydrogens is 164 g/mol. The van der Waals surface area contributed by atoms with Gasteiger partial charge in [0, 0.05) is 24.3 Å². The van der Waals surface area contributed by atoms with E-state index in [2.05, 4.69) is 0 Å². The van der Waals surface area contributed by atoms with Crippen LogP contribution in [0.1, 0.15) is 24.9 Å². The van der Waals surface area contributed by atoms with Crippen molar-refractivity contribution < 1.29 is 0 Å². The van der Waals surface area contributed by atoms with Gasteiger partial charge in [-0.1, -0.05) is 13.0 Å². The van der Waals surface area contributed by atoms with Crippen LogP contribution in [0.25, 0.3) is 0 Å². The molecule has 0 amide bonds. The number of aromatic nitrogens is 1. The third-order valence-electron chi connectivity index (χ3n) is 2.30. The molecule has 1 atom stereocenters. The normalized spacial score (nSPS) is 12.8. The van der Waals surface area contributed by atoms with Crippen molar-refractivity contribution in [3.05, 3.63) is 34.2 Å². The Bertz CT molecular complexity index is 326. The molecule has 0 aliphatic carbocycles. The van der Waals surface area contributed by atoms with Crippen molar-refractivity contribution >= 4 is 0 Å². The van der Waals surface area contributed by atoms with Gasteiger partial charge in [0.2, 0.25) is 0 Å². The molecule has 2 N–H and O–H groups in total. The first kappa shape index (κ1) is 9.99. The molecule has 0 aliphatic heterocycles.